The zero-order valence-corrected chi connectivity index (χ0v) is 20.7. The molecule has 36 heavy (non-hydrogen) atoms. The first kappa shape index (κ1) is 24.9. The van der Waals surface area contributed by atoms with Crippen molar-refractivity contribution in [1.29, 1.82) is 0 Å². The largest absolute Gasteiger partial charge is 0.497 e. The SMILES string of the molecule is COc1ccc(N2CC(C(=O)NCc3ccc(OCc4ccccc4)c(OC)c3)CC2=O)c(OC)c1. The van der Waals surface area contributed by atoms with E-state index in [0.29, 0.717) is 41.8 Å². The summed E-state index contributed by atoms with van der Waals surface area (Å²) >= 11 is 0. The van der Waals surface area contributed by atoms with Crippen LogP contribution in [0.5, 0.6) is 23.0 Å². The van der Waals surface area contributed by atoms with Crippen molar-refractivity contribution in [3.05, 3.63) is 77.9 Å². The highest BCUT2D eigenvalue weighted by molar-refractivity contribution is 6.01. The predicted molar refractivity (Wildman–Crippen MR) is 136 cm³/mol. The molecule has 0 radical (unpaired) electrons. The van der Waals surface area contributed by atoms with Crippen molar-refractivity contribution in [2.75, 3.05) is 32.8 Å². The van der Waals surface area contributed by atoms with Crippen LogP contribution < -0.4 is 29.2 Å². The standard InChI is InChI=1S/C28H30N2O6/c1-33-22-10-11-23(25(15-22)34-2)30-17-21(14-27(30)31)28(32)29-16-20-9-12-24(26(13-20)35-3)36-18-19-7-5-4-6-8-19/h4-13,15,21H,14,16-18H2,1-3H3,(H,29,32). The fourth-order valence-corrected chi connectivity index (χ4v) is 4.13. The van der Waals surface area contributed by atoms with Gasteiger partial charge in [0.05, 0.1) is 32.9 Å². The van der Waals surface area contributed by atoms with E-state index < -0.39 is 5.92 Å². The van der Waals surface area contributed by atoms with Crippen LogP contribution in [0.1, 0.15) is 17.5 Å². The number of hydrogen-bond acceptors (Lipinski definition) is 6. The fraction of sp³-hybridized carbons (Fsp3) is 0.286. The maximum Gasteiger partial charge on any atom is 0.227 e. The number of amides is 2. The monoisotopic (exact) mass is 490 g/mol. The van der Waals surface area contributed by atoms with E-state index in [0.717, 1.165) is 11.1 Å². The Morgan fingerprint density at radius 2 is 1.67 bits per heavy atom. The summed E-state index contributed by atoms with van der Waals surface area (Å²) in [4.78, 5) is 27.2. The molecule has 1 aliphatic rings. The Morgan fingerprint density at radius 1 is 0.889 bits per heavy atom. The molecule has 3 aromatic carbocycles. The molecule has 4 rings (SSSR count). The van der Waals surface area contributed by atoms with Gasteiger partial charge in [0.1, 0.15) is 18.1 Å². The maximum absolute atomic E-state index is 12.9. The van der Waals surface area contributed by atoms with Crippen molar-refractivity contribution >= 4 is 17.5 Å². The average Bonchev–Trinajstić information content (AvgIpc) is 3.32. The quantitative estimate of drug-likeness (QED) is 0.463. The topological polar surface area (TPSA) is 86.3 Å². The minimum absolute atomic E-state index is 0.125. The number of nitrogens with zero attached hydrogens (tertiary/aromatic N) is 1. The minimum Gasteiger partial charge on any atom is -0.497 e. The second-order valence-corrected chi connectivity index (χ2v) is 8.42. The molecule has 0 bridgehead atoms. The number of carbonyl (C=O) groups is 2. The van der Waals surface area contributed by atoms with Gasteiger partial charge >= 0.3 is 0 Å². The molecule has 2 amide bonds. The summed E-state index contributed by atoms with van der Waals surface area (Å²) < 4.78 is 22.0. The third-order valence-electron chi connectivity index (χ3n) is 6.11. The van der Waals surface area contributed by atoms with Gasteiger partial charge in [-0.15, -0.1) is 0 Å². The molecule has 0 saturated carbocycles. The van der Waals surface area contributed by atoms with Crippen molar-refractivity contribution < 1.29 is 28.5 Å². The fourth-order valence-electron chi connectivity index (χ4n) is 4.13. The summed E-state index contributed by atoms with van der Waals surface area (Å²) in [5, 5.41) is 2.94. The van der Waals surface area contributed by atoms with Crippen LogP contribution in [0.2, 0.25) is 0 Å². The Kier molecular flexibility index (Phi) is 7.95. The van der Waals surface area contributed by atoms with Crippen molar-refractivity contribution in [3.63, 3.8) is 0 Å². The molecule has 1 fully saturated rings. The van der Waals surface area contributed by atoms with Gasteiger partial charge in [-0.05, 0) is 35.4 Å². The molecule has 0 aromatic heterocycles. The van der Waals surface area contributed by atoms with E-state index in [1.54, 1.807) is 37.3 Å². The molecule has 1 N–H and O–H groups in total. The lowest BCUT2D eigenvalue weighted by molar-refractivity contribution is -0.126. The zero-order chi connectivity index (χ0) is 25.5. The van der Waals surface area contributed by atoms with Crippen molar-refractivity contribution in [2.45, 2.75) is 19.6 Å². The van der Waals surface area contributed by atoms with Crippen LogP contribution in [-0.2, 0) is 22.7 Å². The number of carbonyl (C=O) groups excluding carboxylic acids is 2. The lowest BCUT2D eigenvalue weighted by Gasteiger charge is -2.20. The Balaban J connectivity index is 1.36. The van der Waals surface area contributed by atoms with Crippen LogP contribution in [0.25, 0.3) is 0 Å². The zero-order valence-electron chi connectivity index (χ0n) is 20.7. The van der Waals surface area contributed by atoms with E-state index >= 15 is 0 Å². The summed E-state index contributed by atoms with van der Waals surface area (Å²) in [6.07, 6.45) is 0.136. The Bertz CT molecular complexity index is 1210. The summed E-state index contributed by atoms with van der Waals surface area (Å²) in [7, 11) is 4.69. The normalized spacial score (nSPS) is 14.9. The van der Waals surface area contributed by atoms with E-state index in [2.05, 4.69) is 5.32 Å². The van der Waals surface area contributed by atoms with E-state index in [-0.39, 0.29) is 24.8 Å². The van der Waals surface area contributed by atoms with Gasteiger partial charge in [-0.25, -0.2) is 0 Å². The second-order valence-electron chi connectivity index (χ2n) is 8.42. The third kappa shape index (κ3) is 5.71. The van der Waals surface area contributed by atoms with E-state index in [4.69, 9.17) is 18.9 Å². The van der Waals surface area contributed by atoms with Gasteiger partial charge in [0.15, 0.2) is 11.5 Å². The molecule has 8 nitrogen and oxygen atoms in total. The van der Waals surface area contributed by atoms with Gasteiger partial charge in [0.25, 0.3) is 0 Å². The number of benzene rings is 3. The first-order chi connectivity index (χ1) is 17.5. The second kappa shape index (κ2) is 11.5. The molecule has 1 saturated heterocycles. The molecule has 188 valence electrons. The molecule has 1 aliphatic heterocycles. The Hall–Kier alpha value is -4.20. The number of hydrogen-bond donors (Lipinski definition) is 1. The summed E-state index contributed by atoms with van der Waals surface area (Å²) in [6, 6.07) is 20.7. The Labute approximate surface area is 210 Å². The summed E-state index contributed by atoms with van der Waals surface area (Å²) in [6.45, 7) is 1.02. The number of rotatable bonds is 10. The molecule has 0 spiro atoms. The highest BCUT2D eigenvalue weighted by Gasteiger charge is 2.36. The van der Waals surface area contributed by atoms with E-state index in [1.165, 1.54) is 7.11 Å². The van der Waals surface area contributed by atoms with Crippen LogP contribution in [0, 0.1) is 5.92 Å². The van der Waals surface area contributed by atoms with Gasteiger partial charge in [0, 0.05) is 25.6 Å². The molecule has 1 heterocycles. The lowest BCUT2D eigenvalue weighted by atomic mass is 10.1. The van der Waals surface area contributed by atoms with Gasteiger partial charge in [0.2, 0.25) is 11.8 Å². The molecule has 0 aliphatic carbocycles. The average molecular weight is 491 g/mol. The highest BCUT2D eigenvalue weighted by atomic mass is 16.5. The van der Waals surface area contributed by atoms with Crippen LogP contribution in [0.15, 0.2) is 66.7 Å². The minimum atomic E-state index is -0.459. The molecule has 1 atom stereocenters. The van der Waals surface area contributed by atoms with Crippen molar-refractivity contribution in [3.8, 4) is 23.0 Å². The molecular weight excluding hydrogens is 460 g/mol. The van der Waals surface area contributed by atoms with E-state index in [9.17, 15) is 9.59 Å². The van der Waals surface area contributed by atoms with E-state index in [1.807, 2.05) is 48.5 Å². The van der Waals surface area contributed by atoms with Crippen LogP contribution >= 0.6 is 0 Å². The number of ether oxygens (including phenoxy) is 4. The summed E-state index contributed by atoms with van der Waals surface area (Å²) in [5.74, 6) is 1.60. The predicted octanol–water partition coefficient (Wildman–Crippen LogP) is 3.96. The van der Waals surface area contributed by atoms with Gasteiger partial charge in [-0.1, -0.05) is 36.4 Å². The van der Waals surface area contributed by atoms with Gasteiger partial charge in [-0.3, -0.25) is 9.59 Å². The lowest BCUT2D eigenvalue weighted by Crippen LogP contribution is -2.32. The molecule has 8 heteroatoms. The van der Waals surface area contributed by atoms with Crippen molar-refractivity contribution in [1.82, 2.24) is 5.32 Å². The first-order valence-electron chi connectivity index (χ1n) is 11.7. The number of nitrogens with one attached hydrogen (secondary N) is 1. The smallest absolute Gasteiger partial charge is 0.227 e. The molecule has 1 unspecified atom stereocenters. The molecular formula is C28H30N2O6. The van der Waals surface area contributed by atoms with Gasteiger partial charge in [-0.2, -0.15) is 0 Å². The van der Waals surface area contributed by atoms with Crippen LogP contribution in [-0.4, -0.2) is 39.7 Å². The van der Waals surface area contributed by atoms with Gasteiger partial charge < -0.3 is 29.2 Å². The summed E-state index contributed by atoms with van der Waals surface area (Å²) in [5.41, 5.74) is 2.54. The third-order valence-corrected chi connectivity index (χ3v) is 6.11. The highest BCUT2D eigenvalue weighted by Crippen LogP contribution is 2.36. The first-order valence-corrected chi connectivity index (χ1v) is 11.7. The molecule has 3 aromatic rings. The maximum atomic E-state index is 12.9. The number of methoxy groups -OCH3 is 3. The Morgan fingerprint density at radius 3 is 2.39 bits per heavy atom. The number of anilines is 1. The van der Waals surface area contributed by atoms with Crippen LogP contribution in [0.3, 0.4) is 0 Å². The van der Waals surface area contributed by atoms with Crippen molar-refractivity contribution in [2.24, 2.45) is 5.92 Å². The van der Waals surface area contributed by atoms with Crippen LogP contribution in [0.4, 0.5) is 5.69 Å².